The van der Waals surface area contributed by atoms with E-state index in [-0.39, 0.29) is 5.75 Å². The summed E-state index contributed by atoms with van der Waals surface area (Å²) in [4.78, 5) is 18.9. The smallest absolute Gasteiger partial charge is 0.354 e. The van der Waals surface area contributed by atoms with Gasteiger partial charge in [0.1, 0.15) is 11.6 Å². The van der Waals surface area contributed by atoms with E-state index in [0.29, 0.717) is 41.6 Å². The van der Waals surface area contributed by atoms with Crippen LogP contribution < -0.4 is 10.6 Å². The highest BCUT2D eigenvalue weighted by atomic mass is 35.5. The Labute approximate surface area is 148 Å². The standard InChI is InChI=1S/C18H16ClN3O3/c19-11-5-6-13-15(9-11)22(14-3-1-2-4-16(14)24)18(25)20-17(13)21-8-7-12(23)10-21/h1-6,9,12,23-24H,7-8,10H2/t12-/m1/s1. The molecule has 1 aromatic heterocycles. The molecule has 1 aliphatic heterocycles. The number of anilines is 1. The van der Waals surface area contributed by atoms with Crippen molar-refractivity contribution in [1.29, 1.82) is 0 Å². The molecule has 6 nitrogen and oxygen atoms in total. The summed E-state index contributed by atoms with van der Waals surface area (Å²) in [6.07, 6.45) is 0.212. The van der Waals surface area contributed by atoms with Gasteiger partial charge < -0.3 is 15.1 Å². The number of fused-ring (bicyclic) bond motifs is 1. The fourth-order valence-corrected chi connectivity index (χ4v) is 3.41. The number of hydrogen-bond donors (Lipinski definition) is 2. The summed E-state index contributed by atoms with van der Waals surface area (Å²) in [5.41, 5.74) is 0.401. The average Bonchev–Trinajstić information content (AvgIpc) is 3.01. The van der Waals surface area contributed by atoms with E-state index in [1.165, 1.54) is 10.6 Å². The minimum absolute atomic E-state index is 0.0166. The molecule has 0 saturated carbocycles. The van der Waals surface area contributed by atoms with Crippen LogP contribution in [0.3, 0.4) is 0 Å². The third-order valence-corrected chi connectivity index (χ3v) is 4.66. The van der Waals surface area contributed by atoms with Crippen LogP contribution in [-0.4, -0.2) is 39.0 Å². The molecule has 0 radical (unpaired) electrons. The largest absolute Gasteiger partial charge is 0.506 e. The Kier molecular flexibility index (Phi) is 3.86. The molecule has 2 heterocycles. The lowest BCUT2D eigenvalue weighted by atomic mass is 10.2. The van der Waals surface area contributed by atoms with Gasteiger partial charge >= 0.3 is 5.69 Å². The number of para-hydroxylation sites is 2. The van der Waals surface area contributed by atoms with Gasteiger partial charge in [-0.05, 0) is 36.8 Å². The normalized spacial score (nSPS) is 17.4. The molecule has 7 heteroatoms. The molecule has 2 N–H and O–H groups in total. The van der Waals surface area contributed by atoms with Crippen molar-refractivity contribution in [2.75, 3.05) is 18.0 Å². The second-order valence-electron chi connectivity index (χ2n) is 6.09. The Morgan fingerprint density at radius 3 is 2.72 bits per heavy atom. The number of rotatable bonds is 2. The molecule has 0 aliphatic carbocycles. The summed E-state index contributed by atoms with van der Waals surface area (Å²) in [5, 5.41) is 21.2. The van der Waals surface area contributed by atoms with Gasteiger partial charge in [0, 0.05) is 23.5 Å². The van der Waals surface area contributed by atoms with E-state index >= 15 is 0 Å². The third kappa shape index (κ3) is 2.73. The Morgan fingerprint density at radius 2 is 2.00 bits per heavy atom. The van der Waals surface area contributed by atoms with Gasteiger partial charge in [-0.15, -0.1) is 0 Å². The zero-order valence-electron chi connectivity index (χ0n) is 13.3. The van der Waals surface area contributed by atoms with Crippen molar-refractivity contribution in [3.63, 3.8) is 0 Å². The van der Waals surface area contributed by atoms with E-state index in [0.717, 1.165) is 5.39 Å². The minimum atomic E-state index is -0.507. The maximum Gasteiger partial charge on any atom is 0.354 e. The van der Waals surface area contributed by atoms with E-state index in [4.69, 9.17) is 11.6 Å². The Hall–Kier alpha value is -2.57. The monoisotopic (exact) mass is 357 g/mol. The predicted molar refractivity (Wildman–Crippen MR) is 96.9 cm³/mol. The lowest BCUT2D eigenvalue weighted by Gasteiger charge is -2.20. The molecule has 25 heavy (non-hydrogen) atoms. The van der Waals surface area contributed by atoms with Crippen molar-refractivity contribution in [2.24, 2.45) is 0 Å². The molecule has 4 rings (SSSR count). The molecule has 1 fully saturated rings. The molecular formula is C18H16ClN3O3. The molecule has 0 spiro atoms. The van der Waals surface area contributed by atoms with E-state index in [2.05, 4.69) is 4.98 Å². The summed E-state index contributed by atoms with van der Waals surface area (Å²) >= 11 is 6.15. The summed E-state index contributed by atoms with van der Waals surface area (Å²) in [5.74, 6) is 0.511. The van der Waals surface area contributed by atoms with Crippen molar-refractivity contribution < 1.29 is 10.2 Å². The van der Waals surface area contributed by atoms with Gasteiger partial charge in [0.2, 0.25) is 0 Å². The Balaban J connectivity index is 2.03. The Morgan fingerprint density at radius 1 is 1.20 bits per heavy atom. The predicted octanol–water partition coefficient (Wildman–Crippen LogP) is 2.32. The van der Waals surface area contributed by atoms with Crippen molar-refractivity contribution in [3.8, 4) is 11.4 Å². The van der Waals surface area contributed by atoms with E-state index in [1.54, 1.807) is 36.4 Å². The number of phenols is 1. The summed E-state index contributed by atoms with van der Waals surface area (Å²) in [7, 11) is 0. The van der Waals surface area contributed by atoms with Crippen LogP contribution in [0.15, 0.2) is 47.3 Å². The first kappa shape index (κ1) is 15.9. The maximum absolute atomic E-state index is 12.8. The summed E-state index contributed by atoms with van der Waals surface area (Å²) in [6.45, 7) is 1.07. The van der Waals surface area contributed by atoms with Gasteiger partial charge in [-0.3, -0.25) is 4.57 Å². The molecule has 2 aromatic carbocycles. The zero-order valence-corrected chi connectivity index (χ0v) is 14.0. The topological polar surface area (TPSA) is 78.6 Å². The highest BCUT2D eigenvalue weighted by Gasteiger charge is 2.25. The number of benzene rings is 2. The molecule has 3 aromatic rings. The molecule has 0 amide bonds. The van der Waals surface area contributed by atoms with Gasteiger partial charge in [0.15, 0.2) is 0 Å². The van der Waals surface area contributed by atoms with E-state index in [1.807, 2.05) is 4.90 Å². The first-order valence-corrected chi connectivity index (χ1v) is 8.36. The fraction of sp³-hybridized carbons (Fsp3) is 0.222. The van der Waals surface area contributed by atoms with Gasteiger partial charge in [-0.2, -0.15) is 4.98 Å². The average molecular weight is 358 g/mol. The molecule has 0 unspecified atom stereocenters. The molecule has 1 saturated heterocycles. The Bertz CT molecular complexity index is 1020. The quantitative estimate of drug-likeness (QED) is 0.736. The highest BCUT2D eigenvalue weighted by molar-refractivity contribution is 6.31. The van der Waals surface area contributed by atoms with Crippen molar-refractivity contribution in [2.45, 2.75) is 12.5 Å². The zero-order chi connectivity index (χ0) is 17.6. The highest BCUT2D eigenvalue weighted by Crippen LogP contribution is 2.31. The van der Waals surface area contributed by atoms with Crippen LogP contribution in [0, 0.1) is 0 Å². The summed E-state index contributed by atoms with van der Waals surface area (Å²) < 4.78 is 1.35. The minimum Gasteiger partial charge on any atom is -0.506 e. The molecule has 1 atom stereocenters. The number of aromatic hydroxyl groups is 1. The maximum atomic E-state index is 12.8. The van der Waals surface area contributed by atoms with Gasteiger partial charge in [-0.1, -0.05) is 23.7 Å². The van der Waals surface area contributed by atoms with Crippen LogP contribution >= 0.6 is 11.6 Å². The number of hydrogen-bond acceptors (Lipinski definition) is 5. The van der Waals surface area contributed by atoms with Crippen LogP contribution in [0.5, 0.6) is 5.75 Å². The first-order chi connectivity index (χ1) is 12.0. The number of nitrogens with zero attached hydrogens (tertiary/aromatic N) is 3. The van der Waals surface area contributed by atoms with Crippen molar-refractivity contribution in [1.82, 2.24) is 9.55 Å². The van der Waals surface area contributed by atoms with E-state index in [9.17, 15) is 15.0 Å². The number of aliphatic hydroxyl groups excluding tert-OH is 1. The van der Waals surface area contributed by atoms with Crippen LogP contribution in [0.1, 0.15) is 6.42 Å². The van der Waals surface area contributed by atoms with Crippen LogP contribution in [0.4, 0.5) is 5.82 Å². The van der Waals surface area contributed by atoms with Crippen LogP contribution in [0.25, 0.3) is 16.6 Å². The molecule has 0 bridgehead atoms. The van der Waals surface area contributed by atoms with Gasteiger partial charge in [0.05, 0.1) is 17.3 Å². The number of halogens is 1. The molecular weight excluding hydrogens is 342 g/mol. The first-order valence-electron chi connectivity index (χ1n) is 7.98. The van der Waals surface area contributed by atoms with Gasteiger partial charge in [0.25, 0.3) is 0 Å². The number of aromatic nitrogens is 2. The second-order valence-corrected chi connectivity index (χ2v) is 6.53. The lowest BCUT2D eigenvalue weighted by Crippen LogP contribution is -2.29. The SMILES string of the molecule is O=c1nc(N2CC[C@@H](O)C2)c2ccc(Cl)cc2n1-c1ccccc1O. The van der Waals surface area contributed by atoms with Crippen molar-refractivity contribution in [3.05, 3.63) is 58.0 Å². The van der Waals surface area contributed by atoms with Crippen LogP contribution in [0.2, 0.25) is 5.02 Å². The third-order valence-electron chi connectivity index (χ3n) is 4.42. The van der Waals surface area contributed by atoms with Crippen molar-refractivity contribution >= 4 is 28.3 Å². The number of aliphatic hydroxyl groups is 1. The fourth-order valence-electron chi connectivity index (χ4n) is 3.24. The number of phenolic OH excluding ortho intramolecular Hbond substituents is 1. The second kappa shape index (κ2) is 6.06. The van der Waals surface area contributed by atoms with Crippen LogP contribution in [-0.2, 0) is 0 Å². The number of β-amino-alcohol motifs (C(OH)–C–C–N with tert-alkyl or cyclic N) is 1. The van der Waals surface area contributed by atoms with E-state index < -0.39 is 11.8 Å². The summed E-state index contributed by atoms with van der Waals surface area (Å²) in [6, 6.07) is 11.8. The lowest BCUT2D eigenvalue weighted by molar-refractivity contribution is 0.198. The van der Waals surface area contributed by atoms with Gasteiger partial charge in [-0.25, -0.2) is 4.79 Å². The molecule has 128 valence electrons. The molecule has 1 aliphatic rings.